The number of hydrogen-bond donors (Lipinski definition) is 1. The second-order valence-electron chi connectivity index (χ2n) is 5.85. The van der Waals surface area contributed by atoms with E-state index in [1.54, 1.807) is 5.57 Å². The van der Waals surface area contributed by atoms with Crippen molar-refractivity contribution in [1.82, 2.24) is 0 Å². The van der Waals surface area contributed by atoms with Gasteiger partial charge in [-0.25, -0.2) is 0 Å². The minimum atomic E-state index is 0.678. The van der Waals surface area contributed by atoms with Crippen LogP contribution >= 0.6 is 0 Å². The Morgan fingerprint density at radius 1 is 0.950 bits per heavy atom. The highest BCUT2D eigenvalue weighted by atomic mass is 14.5. The van der Waals surface area contributed by atoms with Crippen molar-refractivity contribution >= 4 is 5.69 Å². The predicted octanol–water partition coefficient (Wildman–Crippen LogP) is 4.25. The molecule has 20 heavy (non-hydrogen) atoms. The van der Waals surface area contributed by atoms with E-state index in [2.05, 4.69) is 55.5 Å². The molecule has 0 saturated heterocycles. The molecular weight excluding hydrogens is 242 g/mol. The summed E-state index contributed by atoms with van der Waals surface area (Å²) < 4.78 is 0. The number of hydrogen-bond acceptors (Lipinski definition) is 1. The molecule has 0 bridgehead atoms. The molecule has 2 N–H and O–H groups in total. The zero-order chi connectivity index (χ0) is 13.9. The van der Waals surface area contributed by atoms with Crippen molar-refractivity contribution in [3.63, 3.8) is 0 Å². The van der Waals surface area contributed by atoms with Crippen LogP contribution < -0.4 is 5.73 Å². The summed E-state index contributed by atoms with van der Waals surface area (Å²) >= 11 is 0. The minimum absolute atomic E-state index is 0.678. The first-order valence-corrected chi connectivity index (χ1v) is 7.31. The maximum atomic E-state index is 5.73. The lowest BCUT2D eigenvalue weighted by atomic mass is 9.93. The van der Waals surface area contributed by atoms with Gasteiger partial charge in [-0.3, -0.25) is 0 Å². The van der Waals surface area contributed by atoms with Crippen LogP contribution in [0.4, 0.5) is 5.69 Å². The molecular formula is C19H21N. The second kappa shape index (κ2) is 5.54. The third-order valence-corrected chi connectivity index (χ3v) is 4.11. The van der Waals surface area contributed by atoms with Gasteiger partial charge < -0.3 is 5.73 Å². The molecule has 2 unspecified atom stereocenters. The Morgan fingerprint density at radius 2 is 1.65 bits per heavy atom. The maximum Gasteiger partial charge on any atom is 0.0314 e. The van der Waals surface area contributed by atoms with Crippen LogP contribution in [0.3, 0.4) is 0 Å². The summed E-state index contributed by atoms with van der Waals surface area (Å²) in [6.45, 7) is 2.34. The molecule has 1 aliphatic rings. The van der Waals surface area contributed by atoms with Gasteiger partial charge in [0.25, 0.3) is 0 Å². The van der Waals surface area contributed by atoms with Gasteiger partial charge in [0, 0.05) is 11.6 Å². The summed E-state index contributed by atoms with van der Waals surface area (Å²) in [5.41, 5.74) is 11.0. The zero-order valence-corrected chi connectivity index (χ0v) is 11.9. The molecule has 2 atom stereocenters. The number of anilines is 1. The molecule has 1 heteroatoms. The normalized spacial score (nSPS) is 18.4. The summed E-state index contributed by atoms with van der Waals surface area (Å²) in [6, 6.07) is 19.0. The van der Waals surface area contributed by atoms with Crippen molar-refractivity contribution in [2.24, 2.45) is 11.8 Å². The monoisotopic (exact) mass is 263 g/mol. The highest BCUT2D eigenvalue weighted by Crippen LogP contribution is 2.39. The molecule has 3 rings (SSSR count). The Balaban J connectivity index is 1.53. The van der Waals surface area contributed by atoms with Gasteiger partial charge in [-0.1, -0.05) is 61.0 Å². The zero-order valence-electron chi connectivity index (χ0n) is 11.9. The SMILES string of the molecule is CC(Cc1ccc(N)cc1)C1C=C1Cc1ccccc1. The highest BCUT2D eigenvalue weighted by Gasteiger charge is 2.29. The summed E-state index contributed by atoms with van der Waals surface area (Å²) in [5.74, 6) is 1.37. The van der Waals surface area contributed by atoms with Gasteiger partial charge in [-0.15, -0.1) is 0 Å². The van der Waals surface area contributed by atoms with Crippen LogP contribution in [-0.4, -0.2) is 0 Å². The van der Waals surface area contributed by atoms with Gasteiger partial charge in [-0.2, -0.15) is 0 Å². The molecule has 0 aromatic heterocycles. The number of nitrogen functional groups attached to an aromatic ring is 1. The van der Waals surface area contributed by atoms with Gasteiger partial charge in [0.1, 0.15) is 0 Å². The predicted molar refractivity (Wildman–Crippen MR) is 85.4 cm³/mol. The molecule has 0 heterocycles. The Labute approximate surface area is 121 Å². The van der Waals surface area contributed by atoms with E-state index in [4.69, 9.17) is 5.73 Å². The molecule has 0 spiro atoms. The van der Waals surface area contributed by atoms with Crippen LogP contribution in [-0.2, 0) is 12.8 Å². The second-order valence-corrected chi connectivity index (χ2v) is 5.85. The Hall–Kier alpha value is -2.02. The Morgan fingerprint density at radius 3 is 2.35 bits per heavy atom. The smallest absolute Gasteiger partial charge is 0.0314 e. The van der Waals surface area contributed by atoms with Crippen molar-refractivity contribution < 1.29 is 0 Å². The van der Waals surface area contributed by atoms with Gasteiger partial charge in [0.05, 0.1) is 0 Å². The van der Waals surface area contributed by atoms with Crippen molar-refractivity contribution in [2.45, 2.75) is 19.8 Å². The van der Waals surface area contributed by atoms with Gasteiger partial charge in [0.15, 0.2) is 0 Å². The third-order valence-electron chi connectivity index (χ3n) is 4.11. The molecule has 1 nitrogen and oxygen atoms in total. The largest absolute Gasteiger partial charge is 0.399 e. The summed E-state index contributed by atoms with van der Waals surface area (Å²) in [6.07, 6.45) is 4.66. The standard InChI is InChI=1S/C19H21N/c1-14(11-16-7-9-18(20)10-8-16)19-13-17(19)12-15-5-3-2-4-6-15/h2-10,13-14,19H,11-12,20H2,1H3. The van der Waals surface area contributed by atoms with Crippen LogP contribution in [0.15, 0.2) is 66.2 Å². The van der Waals surface area contributed by atoms with E-state index in [1.165, 1.54) is 11.1 Å². The van der Waals surface area contributed by atoms with E-state index in [0.717, 1.165) is 18.5 Å². The third kappa shape index (κ3) is 3.11. The molecule has 2 aromatic carbocycles. The Bertz CT molecular complexity index is 595. The molecule has 0 aliphatic heterocycles. The summed E-state index contributed by atoms with van der Waals surface area (Å²) in [4.78, 5) is 0. The number of nitrogens with two attached hydrogens (primary N) is 1. The molecule has 102 valence electrons. The topological polar surface area (TPSA) is 26.0 Å². The van der Waals surface area contributed by atoms with Crippen LogP contribution in [0.2, 0.25) is 0 Å². The van der Waals surface area contributed by atoms with E-state index in [0.29, 0.717) is 11.8 Å². The average molecular weight is 263 g/mol. The van der Waals surface area contributed by atoms with E-state index < -0.39 is 0 Å². The van der Waals surface area contributed by atoms with Gasteiger partial charge in [0.2, 0.25) is 0 Å². The van der Waals surface area contributed by atoms with Gasteiger partial charge >= 0.3 is 0 Å². The summed E-state index contributed by atoms with van der Waals surface area (Å²) in [5, 5.41) is 0. The number of allylic oxidation sites excluding steroid dienone is 2. The number of benzene rings is 2. The van der Waals surface area contributed by atoms with Crippen LogP contribution in [0.5, 0.6) is 0 Å². The molecule has 0 fully saturated rings. The lowest BCUT2D eigenvalue weighted by Gasteiger charge is -2.12. The van der Waals surface area contributed by atoms with Crippen molar-refractivity contribution in [1.29, 1.82) is 0 Å². The average Bonchev–Trinajstić information content (AvgIpc) is 3.22. The molecule has 0 radical (unpaired) electrons. The van der Waals surface area contributed by atoms with E-state index >= 15 is 0 Å². The fourth-order valence-electron chi connectivity index (χ4n) is 2.87. The number of rotatable bonds is 5. The lowest BCUT2D eigenvalue weighted by Crippen LogP contribution is -2.05. The fourth-order valence-corrected chi connectivity index (χ4v) is 2.87. The molecule has 1 aliphatic carbocycles. The fraction of sp³-hybridized carbons (Fsp3) is 0.263. The van der Waals surface area contributed by atoms with Crippen LogP contribution in [0.25, 0.3) is 0 Å². The lowest BCUT2D eigenvalue weighted by molar-refractivity contribution is 0.524. The van der Waals surface area contributed by atoms with E-state index in [-0.39, 0.29) is 0 Å². The first kappa shape index (κ1) is 13.0. The minimum Gasteiger partial charge on any atom is -0.399 e. The van der Waals surface area contributed by atoms with Gasteiger partial charge in [-0.05, 0) is 42.0 Å². The molecule has 0 saturated carbocycles. The van der Waals surface area contributed by atoms with Crippen molar-refractivity contribution in [2.75, 3.05) is 5.73 Å². The van der Waals surface area contributed by atoms with E-state index in [1.807, 2.05) is 12.1 Å². The van der Waals surface area contributed by atoms with Crippen LogP contribution in [0, 0.1) is 11.8 Å². The molecule has 2 aromatic rings. The van der Waals surface area contributed by atoms with Crippen molar-refractivity contribution in [3.8, 4) is 0 Å². The van der Waals surface area contributed by atoms with Crippen molar-refractivity contribution in [3.05, 3.63) is 77.4 Å². The first-order chi connectivity index (χ1) is 9.72. The Kier molecular flexibility index (Phi) is 3.60. The summed E-state index contributed by atoms with van der Waals surface area (Å²) in [7, 11) is 0. The maximum absolute atomic E-state index is 5.73. The highest BCUT2D eigenvalue weighted by molar-refractivity contribution is 5.40. The van der Waals surface area contributed by atoms with Crippen LogP contribution in [0.1, 0.15) is 18.1 Å². The molecule has 0 amide bonds. The quantitative estimate of drug-likeness (QED) is 0.633. The first-order valence-electron chi connectivity index (χ1n) is 7.31. The van der Waals surface area contributed by atoms with E-state index in [9.17, 15) is 0 Å².